The first-order valence-corrected chi connectivity index (χ1v) is 6.95. The highest BCUT2D eigenvalue weighted by Crippen LogP contribution is 2.04. The lowest BCUT2D eigenvalue weighted by Crippen LogP contribution is -2.43. The predicted molar refractivity (Wildman–Crippen MR) is 66.9 cm³/mol. The fourth-order valence-corrected chi connectivity index (χ4v) is 2.83. The molecule has 6 heteroatoms. The second-order valence-corrected chi connectivity index (χ2v) is 5.50. The molecule has 0 aromatic heterocycles. The first kappa shape index (κ1) is 14.1. The van der Waals surface area contributed by atoms with Crippen LogP contribution < -0.4 is 10.5 Å². The van der Waals surface area contributed by atoms with E-state index in [9.17, 15) is 8.42 Å². The molecule has 5 nitrogen and oxygen atoms in total. The lowest BCUT2D eigenvalue weighted by molar-refractivity contribution is 0.177. The summed E-state index contributed by atoms with van der Waals surface area (Å²) in [7, 11) is -1.87. The van der Waals surface area contributed by atoms with E-state index in [1.807, 2.05) is 6.07 Å². The molecule has 0 bridgehead atoms. The Balaban J connectivity index is 2.63. The van der Waals surface area contributed by atoms with Crippen LogP contribution in [0.5, 0.6) is 0 Å². The number of nitrogens with two attached hydrogens (primary N) is 1. The zero-order valence-corrected chi connectivity index (χ0v) is 10.6. The summed E-state index contributed by atoms with van der Waals surface area (Å²) in [4.78, 5) is 0. The van der Waals surface area contributed by atoms with Gasteiger partial charge in [-0.25, -0.2) is 13.1 Å². The first-order valence-electron chi connectivity index (χ1n) is 5.30. The van der Waals surface area contributed by atoms with Gasteiger partial charge < -0.3 is 10.5 Å². The molecule has 3 N–H and O–H groups in total. The number of nitrogens with one attached hydrogen (secondary N) is 1. The molecule has 0 radical (unpaired) electrons. The number of ether oxygens (including phenoxy) is 1. The molecule has 0 aliphatic carbocycles. The minimum Gasteiger partial charge on any atom is -0.383 e. The first-order chi connectivity index (χ1) is 8.07. The number of hydrogen-bond acceptors (Lipinski definition) is 4. The van der Waals surface area contributed by atoms with Crippen molar-refractivity contribution in [1.29, 1.82) is 0 Å². The Morgan fingerprint density at radius 2 is 2.00 bits per heavy atom. The van der Waals surface area contributed by atoms with Crippen molar-refractivity contribution in [3.8, 4) is 0 Å². The molecule has 0 aliphatic rings. The van der Waals surface area contributed by atoms with Crippen LogP contribution in [-0.4, -0.2) is 34.7 Å². The third-order valence-corrected chi connectivity index (χ3v) is 3.60. The van der Waals surface area contributed by atoms with E-state index < -0.39 is 10.0 Å². The summed E-state index contributed by atoms with van der Waals surface area (Å²) in [6, 6.07) is 8.62. The molecule has 1 atom stereocenters. The summed E-state index contributed by atoms with van der Waals surface area (Å²) in [5, 5.41) is 0. The van der Waals surface area contributed by atoms with Gasteiger partial charge in [-0.2, -0.15) is 0 Å². The Hall–Kier alpha value is -0.950. The van der Waals surface area contributed by atoms with Crippen LogP contribution in [0.2, 0.25) is 0 Å². The second-order valence-electron chi connectivity index (χ2n) is 3.75. The van der Waals surface area contributed by atoms with Gasteiger partial charge in [0.1, 0.15) is 0 Å². The monoisotopic (exact) mass is 258 g/mol. The topological polar surface area (TPSA) is 81.4 Å². The zero-order chi connectivity index (χ0) is 12.7. The Morgan fingerprint density at radius 3 is 2.53 bits per heavy atom. The minimum absolute atomic E-state index is 0.0476. The number of benzene rings is 1. The van der Waals surface area contributed by atoms with Crippen molar-refractivity contribution in [2.45, 2.75) is 11.8 Å². The standard InChI is InChI=1S/C11H18N2O3S/c1-16-8-11(7-12)13-17(14,15)9-10-5-3-2-4-6-10/h2-6,11,13H,7-9,12H2,1H3. The van der Waals surface area contributed by atoms with E-state index in [4.69, 9.17) is 10.5 Å². The zero-order valence-electron chi connectivity index (χ0n) is 9.80. The van der Waals surface area contributed by atoms with Crippen molar-refractivity contribution in [3.63, 3.8) is 0 Å². The fourth-order valence-electron chi connectivity index (χ4n) is 1.44. The van der Waals surface area contributed by atoms with Crippen molar-refractivity contribution in [2.75, 3.05) is 20.3 Å². The van der Waals surface area contributed by atoms with E-state index in [1.54, 1.807) is 24.3 Å². The van der Waals surface area contributed by atoms with Crippen LogP contribution in [0, 0.1) is 0 Å². The molecule has 0 amide bonds. The predicted octanol–water partition coefficient (Wildman–Crippen LogP) is 0.0797. The Bertz CT molecular complexity index is 420. The average Bonchev–Trinajstić information content (AvgIpc) is 2.29. The summed E-state index contributed by atoms with van der Waals surface area (Å²) in [5.41, 5.74) is 6.20. The molecule has 0 spiro atoms. The van der Waals surface area contributed by atoms with Crippen LogP contribution in [0.1, 0.15) is 5.56 Å². The van der Waals surface area contributed by atoms with Gasteiger partial charge in [0.05, 0.1) is 18.4 Å². The van der Waals surface area contributed by atoms with Gasteiger partial charge in [0, 0.05) is 13.7 Å². The molecule has 1 aromatic carbocycles. The molecule has 1 aromatic rings. The molecular formula is C11H18N2O3S. The van der Waals surface area contributed by atoms with Crippen LogP contribution in [0.3, 0.4) is 0 Å². The van der Waals surface area contributed by atoms with E-state index in [0.717, 1.165) is 5.56 Å². The molecule has 0 aliphatic heterocycles. The van der Waals surface area contributed by atoms with Crippen molar-refractivity contribution < 1.29 is 13.2 Å². The highest BCUT2D eigenvalue weighted by Gasteiger charge is 2.17. The van der Waals surface area contributed by atoms with E-state index in [-0.39, 0.29) is 24.9 Å². The summed E-state index contributed by atoms with van der Waals surface area (Å²) in [6.07, 6.45) is 0. The summed E-state index contributed by atoms with van der Waals surface area (Å²) >= 11 is 0. The molecular weight excluding hydrogens is 240 g/mol. The number of sulfonamides is 1. The Kier molecular flexibility index (Phi) is 5.57. The summed E-state index contributed by atoms with van der Waals surface area (Å²) in [5.74, 6) is -0.0476. The van der Waals surface area contributed by atoms with E-state index in [0.29, 0.717) is 0 Å². The van der Waals surface area contributed by atoms with Gasteiger partial charge in [-0.1, -0.05) is 30.3 Å². The lowest BCUT2D eigenvalue weighted by atomic mass is 10.2. The van der Waals surface area contributed by atoms with E-state index in [1.165, 1.54) is 7.11 Å². The van der Waals surface area contributed by atoms with Crippen LogP contribution in [-0.2, 0) is 20.5 Å². The van der Waals surface area contributed by atoms with Crippen LogP contribution in [0.4, 0.5) is 0 Å². The third kappa shape index (κ3) is 5.27. The van der Waals surface area contributed by atoms with Crippen molar-refractivity contribution in [2.24, 2.45) is 5.73 Å². The molecule has 0 saturated carbocycles. The van der Waals surface area contributed by atoms with Crippen molar-refractivity contribution in [3.05, 3.63) is 35.9 Å². The molecule has 0 heterocycles. The van der Waals surface area contributed by atoms with Crippen LogP contribution in [0.25, 0.3) is 0 Å². The molecule has 0 fully saturated rings. The summed E-state index contributed by atoms with van der Waals surface area (Å²) < 4.78 is 31.0. The van der Waals surface area contributed by atoms with E-state index >= 15 is 0 Å². The minimum atomic E-state index is -3.38. The van der Waals surface area contributed by atoms with Gasteiger partial charge in [-0.3, -0.25) is 0 Å². The molecule has 1 rings (SSSR count). The number of rotatable bonds is 7. The molecule has 1 unspecified atom stereocenters. The molecule has 96 valence electrons. The Labute approximate surface area is 102 Å². The van der Waals surface area contributed by atoms with E-state index in [2.05, 4.69) is 4.72 Å². The fraction of sp³-hybridized carbons (Fsp3) is 0.455. The maximum atomic E-state index is 11.8. The number of methoxy groups -OCH3 is 1. The Morgan fingerprint density at radius 1 is 1.35 bits per heavy atom. The normalized spacial score (nSPS) is 13.5. The van der Waals surface area contributed by atoms with Gasteiger partial charge in [-0.05, 0) is 5.56 Å². The van der Waals surface area contributed by atoms with Gasteiger partial charge in [-0.15, -0.1) is 0 Å². The van der Waals surface area contributed by atoms with Crippen LogP contribution >= 0.6 is 0 Å². The molecule has 0 saturated heterocycles. The maximum Gasteiger partial charge on any atom is 0.216 e. The second kappa shape index (κ2) is 6.70. The average molecular weight is 258 g/mol. The number of hydrogen-bond donors (Lipinski definition) is 2. The maximum absolute atomic E-state index is 11.8. The summed E-state index contributed by atoms with van der Waals surface area (Å²) in [6.45, 7) is 0.479. The van der Waals surface area contributed by atoms with Gasteiger partial charge >= 0.3 is 0 Å². The highest BCUT2D eigenvalue weighted by atomic mass is 32.2. The quantitative estimate of drug-likeness (QED) is 0.725. The van der Waals surface area contributed by atoms with Crippen molar-refractivity contribution >= 4 is 10.0 Å². The van der Waals surface area contributed by atoms with Gasteiger partial charge in [0.15, 0.2) is 0 Å². The van der Waals surface area contributed by atoms with Gasteiger partial charge in [0.2, 0.25) is 10.0 Å². The third-order valence-electron chi connectivity index (χ3n) is 2.20. The smallest absolute Gasteiger partial charge is 0.216 e. The molecule has 17 heavy (non-hydrogen) atoms. The SMILES string of the molecule is COCC(CN)NS(=O)(=O)Cc1ccccc1. The largest absolute Gasteiger partial charge is 0.383 e. The van der Waals surface area contributed by atoms with Crippen molar-refractivity contribution in [1.82, 2.24) is 4.72 Å². The van der Waals surface area contributed by atoms with Gasteiger partial charge in [0.25, 0.3) is 0 Å². The highest BCUT2D eigenvalue weighted by molar-refractivity contribution is 7.88. The lowest BCUT2D eigenvalue weighted by Gasteiger charge is -2.15. The van der Waals surface area contributed by atoms with Crippen LogP contribution in [0.15, 0.2) is 30.3 Å².